The van der Waals surface area contributed by atoms with Gasteiger partial charge < -0.3 is 15.5 Å². The van der Waals surface area contributed by atoms with Gasteiger partial charge in [0.1, 0.15) is 0 Å². The molecule has 114 valence electrons. The van der Waals surface area contributed by atoms with Gasteiger partial charge in [-0.3, -0.25) is 9.78 Å². The van der Waals surface area contributed by atoms with Gasteiger partial charge in [-0.25, -0.2) is 4.79 Å². The van der Waals surface area contributed by atoms with E-state index >= 15 is 0 Å². The van der Waals surface area contributed by atoms with Crippen LogP contribution in [-0.2, 0) is 11.2 Å². The van der Waals surface area contributed by atoms with Gasteiger partial charge in [0, 0.05) is 50.9 Å². The first-order chi connectivity index (χ1) is 10.1. The van der Waals surface area contributed by atoms with E-state index in [-0.39, 0.29) is 18.0 Å². The zero-order valence-corrected chi connectivity index (χ0v) is 12.3. The van der Waals surface area contributed by atoms with Crippen molar-refractivity contribution < 1.29 is 9.59 Å². The summed E-state index contributed by atoms with van der Waals surface area (Å²) in [6.45, 7) is 3.39. The summed E-state index contributed by atoms with van der Waals surface area (Å²) in [4.78, 5) is 29.2. The number of urea groups is 1. The number of rotatable bonds is 4. The lowest BCUT2D eigenvalue weighted by molar-refractivity contribution is -0.119. The van der Waals surface area contributed by atoms with Crippen molar-refractivity contribution in [2.75, 3.05) is 19.6 Å². The monoisotopic (exact) mass is 290 g/mol. The highest BCUT2D eigenvalue weighted by atomic mass is 16.2. The Balaban J connectivity index is 1.73. The molecule has 6 nitrogen and oxygen atoms in total. The summed E-state index contributed by atoms with van der Waals surface area (Å²) in [6, 6.07) is 5.75. The standard InChI is InChI=1S/C15H22N4O2/c1-12(20)18-14-6-4-10-19(11-14)15(21)17-9-7-13-5-2-3-8-16-13/h2-3,5,8,14H,4,6-7,9-11H2,1H3,(H,17,21)(H,18,20)/t14-/m0/s1. The third kappa shape index (κ3) is 5.06. The lowest BCUT2D eigenvalue weighted by Gasteiger charge is -2.33. The lowest BCUT2D eigenvalue weighted by Crippen LogP contribution is -2.52. The number of hydrogen-bond donors (Lipinski definition) is 2. The Bertz CT molecular complexity index is 478. The largest absolute Gasteiger partial charge is 0.352 e. The number of nitrogens with one attached hydrogen (secondary N) is 2. The Kier molecular flexibility index (Phi) is 5.54. The molecule has 0 aliphatic carbocycles. The minimum Gasteiger partial charge on any atom is -0.352 e. The highest BCUT2D eigenvalue weighted by Crippen LogP contribution is 2.10. The second-order valence-corrected chi connectivity index (χ2v) is 5.29. The van der Waals surface area contributed by atoms with Gasteiger partial charge in [-0.2, -0.15) is 0 Å². The first-order valence-electron chi connectivity index (χ1n) is 7.35. The van der Waals surface area contributed by atoms with Crippen LogP contribution in [0.4, 0.5) is 4.79 Å². The second kappa shape index (κ2) is 7.61. The van der Waals surface area contributed by atoms with Crippen LogP contribution in [0.1, 0.15) is 25.5 Å². The number of nitrogens with zero attached hydrogens (tertiary/aromatic N) is 2. The maximum absolute atomic E-state index is 12.1. The van der Waals surface area contributed by atoms with E-state index in [9.17, 15) is 9.59 Å². The molecule has 0 saturated carbocycles. The van der Waals surface area contributed by atoms with Crippen molar-refractivity contribution in [3.63, 3.8) is 0 Å². The van der Waals surface area contributed by atoms with Crippen molar-refractivity contribution in [2.45, 2.75) is 32.2 Å². The van der Waals surface area contributed by atoms with Crippen LogP contribution in [0, 0.1) is 0 Å². The van der Waals surface area contributed by atoms with Crippen LogP contribution < -0.4 is 10.6 Å². The average molecular weight is 290 g/mol. The van der Waals surface area contributed by atoms with E-state index in [1.54, 1.807) is 11.1 Å². The maximum atomic E-state index is 12.1. The summed E-state index contributed by atoms with van der Waals surface area (Å²) in [5.74, 6) is -0.0441. The lowest BCUT2D eigenvalue weighted by atomic mass is 10.1. The molecule has 2 rings (SSSR count). The normalized spacial score (nSPS) is 18.1. The van der Waals surface area contributed by atoms with Crippen molar-refractivity contribution in [3.05, 3.63) is 30.1 Å². The summed E-state index contributed by atoms with van der Waals surface area (Å²) < 4.78 is 0. The van der Waals surface area contributed by atoms with Gasteiger partial charge in [-0.15, -0.1) is 0 Å². The maximum Gasteiger partial charge on any atom is 0.317 e. The van der Waals surface area contributed by atoms with E-state index < -0.39 is 0 Å². The first-order valence-corrected chi connectivity index (χ1v) is 7.35. The minimum atomic E-state index is -0.0685. The van der Waals surface area contributed by atoms with Gasteiger partial charge in [0.2, 0.25) is 5.91 Å². The molecule has 0 unspecified atom stereocenters. The van der Waals surface area contributed by atoms with Gasteiger partial charge in [-0.1, -0.05) is 6.07 Å². The molecule has 3 amide bonds. The number of amides is 3. The predicted octanol–water partition coefficient (Wildman–Crippen LogP) is 0.934. The van der Waals surface area contributed by atoms with Crippen molar-refractivity contribution in [1.82, 2.24) is 20.5 Å². The van der Waals surface area contributed by atoms with Crippen LogP contribution in [-0.4, -0.2) is 47.5 Å². The predicted molar refractivity (Wildman–Crippen MR) is 79.8 cm³/mol. The highest BCUT2D eigenvalue weighted by Gasteiger charge is 2.23. The van der Waals surface area contributed by atoms with Gasteiger partial charge in [0.25, 0.3) is 0 Å². The average Bonchev–Trinajstić information content (AvgIpc) is 2.48. The number of carbonyl (C=O) groups excluding carboxylic acids is 2. The quantitative estimate of drug-likeness (QED) is 0.866. The molecule has 0 spiro atoms. The Morgan fingerprint density at radius 1 is 1.43 bits per heavy atom. The number of hydrogen-bond acceptors (Lipinski definition) is 3. The third-order valence-corrected chi connectivity index (χ3v) is 3.50. The van der Waals surface area contributed by atoms with Crippen LogP contribution in [0.25, 0.3) is 0 Å². The molecule has 1 atom stereocenters. The van der Waals surface area contributed by atoms with Gasteiger partial charge in [0.15, 0.2) is 0 Å². The van der Waals surface area contributed by atoms with Crippen LogP contribution in [0.2, 0.25) is 0 Å². The zero-order valence-electron chi connectivity index (χ0n) is 12.3. The number of pyridine rings is 1. The Morgan fingerprint density at radius 2 is 2.29 bits per heavy atom. The molecular weight excluding hydrogens is 268 g/mol. The van der Waals surface area contributed by atoms with Crippen LogP contribution >= 0.6 is 0 Å². The van der Waals surface area contributed by atoms with Crippen molar-refractivity contribution in [2.24, 2.45) is 0 Å². The Hall–Kier alpha value is -2.11. The molecule has 2 N–H and O–H groups in total. The van der Waals surface area contributed by atoms with E-state index in [1.807, 2.05) is 18.2 Å². The van der Waals surface area contributed by atoms with E-state index in [2.05, 4.69) is 15.6 Å². The minimum absolute atomic E-state index is 0.0441. The van der Waals surface area contributed by atoms with E-state index in [1.165, 1.54) is 6.92 Å². The van der Waals surface area contributed by atoms with Crippen molar-refractivity contribution in [1.29, 1.82) is 0 Å². The molecule has 1 aromatic heterocycles. The van der Waals surface area contributed by atoms with E-state index in [0.29, 0.717) is 13.1 Å². The molecule has 1 aromatic rings. The van der Waals surface area contributed by atoms with Crippen LogP contribution in [0.5, 0.6) is 0 Å². The SMILES string of the molecule is CC(=O)N[C@H]1CCCN(C(=O)NCCc2ccccn2)C1. The van der Waals surface area contributed by atoms with Crippen molar-refractivity contribution in [3.8, 4) is 0 Å². The molecule has 1 aliphatic heterocycles. The molecule has 21 heavy (non-hydrogen) atoms. The number of carbonyl (C=O) groups is 2. The van der Waals surface area contributed by atoms with Crippen molar-refractivity contribution >= 4 is 11.9 Å². The molecule has 0 aromatic carbocycles. The van der Waals surface area contributed by atoms with Gasteiger partial charge in [-0.05, 0) is 25.0 Å². The van der Waals surface area contributed by atoms with Crippen LogP contribution in [0.15, 0.2) is 24.4 Å². The summed E-state index contributed by atoms with van der Waals surface area (Å²) in [6.07, 6.45) is 4.31. The molecule has 1 saturated heterocycles. The molecule has 0 radical (unpaired) electrons. The number of piperidine rings is 1. The molecule has 1 aliphatic rings. The fraction of sp³-hybridized carbons (Fsp3) is 0.533. The molecule has 6 heteroatoms. The smallest absolute Gasteiger partial charge is 0.317 e. The molecular formula is C15H22N4O2. The number of aromatic nitrogens is 1. The summed E-state index contributed by atoms with van der Waals surface area (Å²) in [7, 11) is 0. The molecule has 0 bridgehead atoms. The Morgan fingerprint density at radius 3 is 3.00 bits per heavy atom. The fourth-order valence-corrected chi connectivity index (χ4v) is 2.52. The second-order valence-electron chi connectivity index (χ2n) is 5.29. The zero-order chi connectivity index (χ0) is 15.1. The molecule has 1 fully saturated rings. The summed E-state index contributed by atoms with van der Waals surface area (Å²) in [5, 5.41) is 5.79. The summed E-state index contributed by atoms with van der Waals surface area (Å²) >= 11 is 0. The van der Waals surface area contributed by atoms with E-state index in [0.717, 1.165) is 31.5 Å². The highest BCUT2D eigenvalue weighted by molar-refractivity contribution is 5.75. The molecule has 2 heterocycles. The van der Waals surface area contributed by atoms with E-state index in [4.69, 9.17) is 0 Å². The third-order valence-electron chi connectivity index (χ3n) is 3.50. The van der Waals surface area contributed by atoms with Gasteiger partial charge in [0.05, 0.1) is 0 Å². The Labute approximate surface area is 124 Å². The summed E-state index contributed by atoms with van der Waals surface area (Å²) in [5.41, 5.74) is 0.965. The topological polar surface area (TPSA) is 74.3 Å². The van der Waals surface area contributed by atoms with Gasteiger partial charge >= 0.3 is 6.03 Å². The number of likely N-dealkylation sites (tertiary alicyclic amines) is 1. The first kappa shape index (κ1) is 15.3. The fourth-order valence-electron chi connectivity index (χ4n) is 2.52. The van der Waals surface area contributed by atoms with Crippen LogP contribution in [0.3, 0.4) is 0 Å².